The number of ether oxygens (including phenoxy) is 2. The maximum atomic E-state index is 12.9. The fourth-order valence-electron chi connectivity index (χ4n) is 3.93. The third-order valence-electron chi connectivity index (χ3n) is 6.38. The highest BCUT2D eigenvalue weighted by Crippen LogP contribution is 2.38. The predicted octanol–water partition coefficient (Wildman–Crippen LogP) is 3.77. The molecule has 0 unspecified atom stereocenters. The Balaban J connectivity index is 1.60. The van der Waals surface area contributed by atoms with Crippen molar-refractivity contribution in [2.24, 2.45) is 0 Å². The van der Waals surface area contributed by atoms with E-state index in [9.17, 15) is 9.59 Å². The van der Waals surface area contributed by atoms with Gasteiger partial charge in [-0.25, -0.2) is 0 Å². The van der Waals surface area contributed by atoms with E-state index in [1.807, 2.05) is 35.2 Å². The second-order valence-electron chi connectivity index (χ2n) is 8.79. The summed E-state index contributed by atoms with van der Waals surface area (Å²) in [6.07, 6.45) is 0.992. The van der Waals surface area contributed by atoms with Gasteiger partial charge in [0.15, 0.2) is 6.61 Å². The van der Waals surface area contributed by atoms with Crippen LogP contribution >= 0.6 is 0 Å². The minimum Gasteiger partial charge on any atom is -0.482 e. The summed E-state index contributed by atoms with van der Waals surface area (Å²) in [6, 6.07) is 13.7. The third-order valence-corrected chi connectivity index (χ3v) is 6.38. The summed E-state index contributed by atoms with van der Waals surface area (Å²) in [7, 11) is 0. The smallest absolute Gasteiger partial charge is 0.265 e. The van der Waals surface area contributed by atoms with Gasteiger partial charge < -0.3 is 19.3 Å². The Kier molecular flexibility index (Phi) is 6.01. The van der Waals surface area contributed by atoms with Crippen molar-refractivity contribution in [3.63, 3.8) is 0 Å². The quantitative estimate of drug-likeness (QED) is 0.736. The molecule has 0 radical (unpaired) electrons. The van der Waals surface area contributed by atoms with Gasteiger partial charge in [0, 0.05) is 18.7 Å². The molecule has 164 valence electrons. The van der Waals surface area contributed by atoms with Gasteiger partial charge in [0.2, 0.25) is 0 Å². The number of hydrogen-bond donors (Lipinski definition) is 0. The number of nitrogens with zero attached hydrogens (tertiary/aromatic N) is 2. The first-order valence-corrected chi connectivity index (χ1v) is 10.9. The molecule has 2 aliphatic rings. The SMILES string of the molecule is CCC(C)(C)c1ccc2c(c1)N(Cc1cccc(C(=O)N3CCOCC3)c1)C(=O)CO2. The van der Waals surface area contributed by atoms with Crippen LogP contribution in [0.4, 0.5) is 5.69 Å². The number of carbonyl (C=O) groups is 2. The lowest BCUT2D eigenvalue weighted by Crippen LogP contribution is -2.41. The zero-order valence-electron chi connectivity index (χ0n) is 18.5. The normalized spacial score (nSPS) is 16.7. The molecule has 0 aliphatic carbocycles. The Morgan fingerprint density at radius 3 is 2.61 bits per heavy atom. The van der Waals surface area contributed by atoms with Crippen LogP contribution in [0.3, 0.4) is 0 Å². The minimum absolute atomic E-state index is 0.00540. The van der Waals surface area contributed by atoms with E-state index in [2.05, 4.69) is 32.9 Å². The molecule has 0 atom stereocenters. The summed E-state index contributed by atoms with van der Waals surface area (Å²) in [5.74, 6) is 0.644. The van der Waals surface area contributed by atoms with Crippen molar-refractivity contribution < 1.29 is 19.1 Å². The molecule has 0 bridgehead atoms. The van der Waals surface area contributed by atoms with E-state index in [4.69, 9.17) is 9.47 Å². The zero-order valence-corrected chi connectivity index (χ0v) is 18.5. The highest BCUT2D eigenvalue weighted by Gasteiger charge is 2.29. The van der Waals surface area contributed by atoms with Gasteiger partial charge in [-0.3, -0.25) is 9.59 Å². The Morgan fingerprint density at radius 2 is 1.87 bits per heavy atom. The lowest BCUT2D eigenvalue weighted by molar-refractivity contribution is -0.121. The molecule has 2 aromatic carbocycles. The van der Waals surface area contributed by atoms with Crippen LogP contribution in [0.15, 0.2) is 42.5 Å². The minimum atomic E-state index is -0.0798. The number of rotatable bonds is 5. The number of carbonyl (C=O) groups excluding carboxylic acids is 2. The standard InChI is InChI=1S/C25H30N2O4/c1-4-25(2,3)20-8-9-22-21(15-20)27(23(28)17-31-22)16-18-6-5-7-19(14-18)24(29)26-10-12-30-13-11-26/h5-9,14-15H,4,10-13,16-17H2,1-3H3. The molecule has 0 saturated carbocycles. The first-order valence-electron chi connectivity index (χ1n) is 10.9. The molecule has 2 aliphatic heterocycles. The van der Waals surface area contributed by atoms with Crippen molar-refractivity contribution in [3.05, 3.63) is 59.2 Å². The van der Waals surface area contributed by atoms with Crippen molar-refractivity contribution in [1.82, 2.24) is 4.90 Å². The molecule has 6 nitrogen and oxygen atoms in total. The number of anilines is 1. The van der Waals surface area contributed by atoms with E-state index in [1.54, 1.807) is 4.90 Å². The van der Waals surface area contributed by atoms with E-state index < -0.39 is 0 Å². The lowest BCUT2D eigenvalue weighted by atomic mass is 9.82. The number of amides is 2. The number of benzene rings is 2. The van der Waals surface area contributed by atoms with Crippen LogP contribution in [-0.2, 0) is 21.5 Å². The van der Waals surface area contributed by atoms with E-state index in [0.29, 0.717) is 38.4 Å². The van der Waals surface area contributed by atoms with Gasteiger partial charge in [-0.2, -0.15) is 0 Å². The lowest BCUT2D eigenvalue weighted by Gasteiger charge is -2.32. The summed E-state index contributed by atoms with van der Waals surface area (Å²) in [5, 5.41) is 0. The Hall–Kier alpha value is -2.86. The first kappa shape index (κ1) is 21.4. The van der Waals surface area contributed by atoms with Crippen LogP contribution in [-0.4, -0.2) is 49.6 Å². The van der Waals surface area contributed by atoms with E-state index in [-0.39, 0.29) is 23.8 Å². The largest absolute Gasteiger partial charge is 0.482 e. The molecular weight excluding hydrogens is 392 g/mol. The highest BCUT2D eigenvalue weighted by atomic mass is 16.5. The van der Waals surface area contributed by atoms with E-state index in [1.165, 1.54) is 5.56 Å². The molecule has 2 aromatic rings. The molecule has 6 heteroatoms. The molecule has 1 saturated heterocycles. The van der Waals surface area contributed by atoms with Crippen molar-refractivity contribution in [3.8, 4) is 5.75 Å². The van der Waals surface area contributed by atoms with Gasteiger partial charge in [-0.15, -0.1) is 0 Å². The maximum absolute atomic E-state index is 12.9. The van der Waals surface area contributed by atoms with Crippen LogP contribution in [0.2, 0.25) is 0 Å². The van der Waals surface area contributed by atoms with E-state index >= 15 is 0 Å². The Bertz CT molecular complexity index is 979. The van der Waals surface area contributed by atoms with Gasteiger partial charge in [-0.05, 0) is 47.2 Å². The summed E-state index contributed by atoms with van der Waals surface area (Å²) in [5.41, 5.74) is 3.53. The van der Waals surface area contributed by atoms with Crippen molar-refractivity contribution in [2.75, 3.05) is 37.8 Å². The van der Waals surface area contributed by atoms with Gasteiger partial charge in [0.05, 0.1) is 25.4 Å². The van der Waals surface area contributed by atoms with E-state index in [0.717, 1.165) is 23.4 Å². The highest BCUT2D eigenvalue weighted by molar-refractivity contribution is 5.98. The van der Waals surface area contributed by atoms with Crippen LogP contribution in [0.1, 0.15) is 48.7 Å². The average molecular weight is 423 g/mol. The molecular formula is C25H30N2O4. The predicted molar refractivity (Wildman–Crippen MR) is 120 cm³/mol. The maximum Gasteiger partial charge on any atom is 0.265 e. The van der Waals surface area contributed by atoms with Crippen LogP contribution < -0.4 is 9.64 Å². The molecule has 0 aromatic heterocycles. The second kappa shape index (κ2) is 8.71. The zero-order chi connectivity index (χ0) is 22.0. The van der Waals surface area contributed by atoms with Crippen LogP contribution in [0, 0.1) is 0 Å². The Labute approximate surface area is 183 Å². The fourth-order valence-corrected chi connectivity index (χ4v) is 3.93. The molecule has 0 N–H and O–H groups in total. The Morgan fingerprint density at radius 1 is 1.10 bits per heavy atom. The summed E-state index contributed by atoms with van der Waals surface area (Å²) >= 11 is 0. The van der Waals surface area contributed by atoms with Crippen LogP contribution in [0.5, 0.6) is 5.75 Å². The topological polar surface area (TPSA) is 59.1 Å². The molecule has 2 heterocycles. The van der Waals surface area contributed by atoms with Crippen molar-refractivity contribution in [2.45, 2.75) is 39.2 Å². The first-order chi connectivity index (χ1) is 14.9. The molecule has 4 rings (SSSR count). The van der Waals surface area contributed by atoms with Crippen LogP contribution in [0.25, 0.3) is 0 Å². The van der Waals surface area contributed by atoms with Gasteiger partial charge >= 0.3 is 0 Å². The van der Waals surface area contributed by atoms with Gasteiger partial charge in [0.1, 0.15) is 5.75 Å². The number of fused-ring (bicyclic) bond motifs is 1. The summed E-state index contributed by atoms with van der Waals surface area (Å²) in [4.78, 5) is 29.2. The second-order valence-corrected chi connectivity index (χ2v) is 8.79. The monoisotopic (exact) mass is 422 g/mol. The molecule has 2 amide bonds. The fraction of sp³-hybridized carbons (Fsp3) is 0.440. The summed E-state index contributed by atoms with van der Waals surface area (Å²) < 4.78 is 11.0. The third kappa shape index (κ3) is 4.44. The molecule has 31 heavy (non-hydrogen) atoms. The van der Waals surface area contributed by atoms with Crippen molar-refractivity contribution in [1.29, 1.82) is 0 Å². The number of morpholine rings is 1. The van der Waals surface area contributed by atoms with Gasteiger partial charge in [0.25, 0.3) is 11.8 Å². The molecule has 0 spiro atoms. The van der Waals surface area contributed by atoms with Crippen molar-refractivity contribution >= 4 is 17.5 Å². The number of hydrogen-bond acceptors (Lipinski definition) is 4. The summed E-state index contributed by atoms with van der Waals surface area (Å²) in [6.45, 7) is 9.34. The molecule has 1 fully saturated rings. The van der Waals surface area contributed by atoms with Gasteiger partial charge in [-0.1, -0.05) is 39.0 Å². The average Bonchev–Trinajstić information content (AvgIpc) is 2.81.